The van der Waals surface area contributed by atoms with Gasteiger partial charge in [0.15, 0.2) is 0 Å². The van der Waals surface area contributed by atoms with Gasteiger partial charge in [-0.15, -0.1) is 0 Å². The number of carbonyl (C=O) groups is 2. The number of aryl methyl sites for hydroxylation is 1. The van der Waals surface area contributed by atoms with Crippen LogP contribution in [0.5, 0.6) is 5.75 Å². The van der Waals surface area contributed by atoms with Crippen LogP contribution >= 0.6 is 0 Å². The Kier molecular flexibility index (Phi) is 3.92. The van der Waals surface area contributed by atoms with E-state index in [9.17, 15) is 14.7 Å². The molecule has 0 spiro atoms. The number of aromatic hydroxyl groups is 1. The van der Waals surface area contributed by atoms with Gasteiger partial charge in [0.1, 0.15) is 12.3 Å². The van der Waals surface area contributed by atoms with Crippen LogP contribution in [0.1, 0.15) is 35.1 Å². The van der Waals surface area contributed by atoms with Crippen LogP contribution in [0.4, 0.5) is 0 Å². The molecule has 1 heterocycles. The number of benzene rings is 2. The summed E-state index contributed by atoms with van der Waals surface area (Å²) in [5.41, 5.74) is 2.76. The van der Waals surface area contributed by atoms with Crippen molar-refractivity contribution in [2.45, 2.75) is 24.8 Å². The Morgan fingerprint density at radius 1 is 1.12 bits per heavy atom. The highest BCUT2D eigenvalue weighted by atomic mass is 16.3. The second-order valence-electron chi connectivity index (χ2n) is 6.64. The number of carbonyl (C=O) groups excluding carboxylic acids is 2. The van der Waals surface area contributed by atoms with Gasteiger partial charge in [-0.2, -0.15) is 0 Å². The molecule has 5 heteroatoms. The molecule has 2 amide bonds. The van der Waals surface area contributed by atoms with Crippen LogP contribution in [0.25, 0.3) is 0 Å². The van der Waals surface area contributed by atoms with Gasteiger partial charge >= 0.3 is 0 Å². The number of nitrogens with one attached hydrogen (secondary N) is 1. The molecule has 2 aromatic rings. The Hall–Kier alpha value is -2.82. The van der Waals surface area contributed by atoms with Crippen LogP contribution in [0.2, 0.25) is 0 Å². The number of amides is 2. The van der Waals surface area contributed by atoms with E-state index in [4.69, 9.17) is 0 Å². The Balaban J connectivity index is 1.67. The molecule has 1 saturated heterocycles. The summed E-state index contributed by atoms with van der Waals surface area (Å²) in [7, 11) is 0. The van der Waals surface area contributed by atoms with Crippen molar-refractivity contribution in [3.8, 4) is 5.75 Å². The van der Waals surface area contributed by atoms with Crippen molar-refractivity contribution in [2.75, 3.05) is 13.1 Å². The molecule has 0 saturated carbocycles. The summed E-state index contributed by atoms with van der Waals surface area (Å²) in [6.07, 6.45) is 1.45. The van der Waals surface area contributed by atoms with Gasteiger partial charge in [-0.1, -0.05) is 42.5 Å². The molecule has 0 radical (unpaired) electrons. The molecule has 25 heavy (non-hydrogen) atoms. The lowest BCUT2D eigenvalue weighted by atomic mass is 9.95. The van der Waals surface area contributed by atoms with Crippen LogP contribution < -0.4 is 5.32 Å². The summed E-state index contributed by atoms with van der Waals surface area (Å²) >= 11 is 0. The summed E-state index contributed by atoms with van der Waals surface area (Å²) in [4.78, 5) is 26.9. The number of nitrogens with zero attached hydrogens (tertiary/aromatic N) is 1. The minimum Gasteiger partial charge on any atom is -0.508 e. The van der Waals surface area contributed by atoms with E-state index < -0.39 is 0 Å². The fraction of sp³-hybridized carbons (Fsp3) is 0.300. The fourth-order valence-corrected chi connectivity index (χ4v) is 3.96. The number of phenolic OH excluding ortho intramolecular Hbond substituents is 1. The maximum absolute atomic E-state index is 13.3. The van der Waals surface area contributed by atoms with Crippen molar-refractivity contribution in [1.29, 1.82) is 0 Å². The average molecular weight is 336 g/mol. The van der Waals surface area contributed by atoms with Gasteiger partial charge in [-0.05, 0) is 30.0 Å². The lowest BCUT2D eigenvalue weighted by Gasteiger charge is -2.37. The second-order valence-corrected chi connectivity index (χ2v) is 6.64. The van der Waals surface area contributed by atoms with Crippen molar-refractivity contribution in [1.82, 2.24) is 10.2 Å². The number of hydrogen-bond acceptors (Lipinski definition) is 3. The first-order valence-corrected chi connectivity index (χ1v) is 8.58. The number of fused-ring (bicyclic) bond motifs is 1. The normalized spacial score (nSPS) is 22.4. The van der Waals surface area contributed by atoms with E-state index >= 15 is 0 Å². The van der Waals surface area contributed by atoms with Crippen LogP contribution in [0.15, 0.2) is 48.5 Å². The zero-order chi connectivity index (χ0) is 17.4. The molecule has 2 aromatic carbocycles. The number of piperazine rings is 1. The smallest absolute Gasteiger partial charge is 0.239 e. The summed E-state index contributed by atoms with van der Waals surface area (Å²) in [6.45, 7) is 0.465. The zero-order valence-electron chi connectivity index (χ0n) is 13.8. The number of phenols is 1. The molecule has 128 valence electrons. The highest BCUT2D eigenvalue weighted by Crippen LogP contribution is 2.41. The topological polar surface area (TPSA) is 69.6 Å². The molecule has 2 unspecified atom stereocenters. The molecule has 5 nitrogen and oxygen atoms in total. The van der Waals surface area contributed by atoms with Gasteiger partial charge in [0.05, 0.1) is 12.0 Å². The van der Waals surface area contributed by atoms with Crippen LogP contribution in [0, 0.1) is 0 Å². The summed E-state index contributed by atoms with van der Waals surface area (Å²) in [5.74, 6) is -0.431. The highest BCUT2D eigenvalue weighted by molar-refractivity contribution is 5.91. The molecule has 0 bridgehead atoms. The summed E-state index contributed by atoms with van der Waals surface area (Å²) in [5, 5.41) is 13.1. The third-order valence-electron chi connectivity index (χ3n) is 5.17. The molecule has 1 aliphatic heterocycles. The van der Waals surface area contributed by atoms with Gasteiger partial charge in [0, 0.05) is 12.1 Å². The largest absolute Gasteiger partial charge is 0.508 e. The van der Waals surface area contributed by atoms with Gasteiger partial charge < -0.3 is 15.3 Å². The number of rotatable bonds is 2. The van der Waals surface area contributed by atoms with Crippen molar-refractivity contribution in [2.24, 2.45) is 0 Å². The third kappa shape index (κ3) is 2.76. The van der Waals surface area contributed by atoms with Crippen molar-refractivity contribution in [3.63, 3.8) is 0 Å². The van der Waals surface area contributed by atoms with Gasteiger partial charge in [0.2, 0.25) is 11.8 Å². The van der Waals surface area contributed by atoms with E-state index in [0.717, 1.165) is 23.1 Å². The quantitative estimate of drug-likeness (QED) is 0.883. The Bertz CT molecular complexity index is 819. The first-order valence-electron chi connectivity index (χ1n) is 8.58. The van der Waals surface area contributed by atoms with Gasteiger partial charge in [-0.25, -0.2) is 0 Å². The second kappa shape index (κ2) is 6.24. The zero-order valence-corrected chi connectivity index (χ0v) is 13.8. The first-order chi connectivity index (χ1) is 12.1. The minimum absolute atomic E-state index is 0.0534. The molecular weight excluding hydrogens is 316 g/mol. The lowest BCUT2D eigenvalue weighted by Crippen LogP contribution is -2.52. The van der Waals surface area contributed by atoms with Crippen molar-refractivity contribution >= 4 is 11.8 Å². The molecule has 0 aromatic heterocycles. The molecular formula is C20H20N2O3. The summed E-state index contributed by atoms with van der Waals surface area (Å²) < 4.78 is 0. The van der Waals surface area contributed by atoms with E-state index in [-0.39, 0.29) is 36.1 Å². The molecule has 4 rings (SSSR count). The highest BCUT2D eigenvalue weighted by Gasteiger charge is 2.39. The average Bonchev–Trinajstić information content (AvgIpc) is 3.07. The lowest BCUT2D eigenvalue weighted by molar-refractivity contribution is -0.142. The van der Waals surface area contributed by atoms with E-state index in [1.165, 1.54) is 0 Å². The Labute approximate surface area is 146 Å². The standard InChI is InChI=1S/C20H20N2O3/c23-17-8-4-7-14-9-10-15(19(14)17)20(25)22-12-18(24)21-11-16(22)13-5-2-1-3-6-13/h1-8,15-16,23H,9-12H2,(H,21,24). The van der Waals surface area contributed by atoms with Crippen molar-refractivity contribution in [3.05, 3.63) is 65.2 Å². The van der Waals surface area contributed by atoms with E-state index in [1.54, 1.807) is 11.0 Å². The van der Waals surface area contributed by atoms with E-state index in [2.05, 4.69) is 5.32 Å². The Morgan fingerprint density at radius 2 is 1.92 bits per heavy atom. The molecule has 2 N–H and O–H groups in total. The summed E-state index contributed by atoms with van der Waals surface area (Å²) in [6, 6.07) is 15.0. The SMILES string of the molecule is O=C1CN(C(=O)C2CCc3cccc(O)c32)C(c2ccccc2)CN1. The third-order valence-corrected chi connectivity index (χ3v) is 5.17. The van der Waals surface area contributed by atoms with Crippen LogP contribution in [-0.4, -0.2) is 34.9 Å². The minimum atomic E-state index is -0.381. The van der Waals surface area contributed by atoms with Crippen LogP contribution in [0.3, 0.4) is 0 Å². The predicted octanol–water partition coefficient (Wildman–Crippen LogP) is 2.12. The molecule has 2 atom stereocenters. The predicted molar refractivity (Wildman–Crippen MR) is 93.1 cm³/mol. The van der Waals surface area contributed by atoms with E-state index in [1.807, 2.05) is 42.5 Å². The van der Waals surface area contributed by atoms with Crippen molar-refractivity contribution < 1.29 is 14.7 Å². The van der Waals surface area contributed by atoms with Crippen LogP contribution in [-0.2, 0) is 16.0 Å². The molecule has 1 fully saturated rings. The monoisotopic (exact) mass is 336 g/mol. The molecule has 2 aliphatic rings. The first kappa shape index (κ1) is 15.7. The Morgan fingerprint density at radius 3 is 2.72 bits per heavy atom. The fourth-order valence-electron chi connectivity index (χ4n) is 3.96. The van der Waals surface area contributed by atoms with E-state index in [0.29, 0.717) is 13.0 Å². The molecule has 1 aliphatic carbocycles. The van der Waals surface area contributed by atoms with Gasteiger partial charge in [-0.3, -0.25) is 9.59 Å². The van der Waals surface area contributed by atoms with Gasteiger partial charge in [0.25, 0.3) is 0 Å². The maximum Gasteiger partial charge on any atom is 0.239 e. The maximum atomic E-state index is 13.3. The number of hydrogen-bond donors (Lipinski definition) is 2.